The summed E-state index contributed by atoms with van der Waals surface area (Å²) in [6.07, 6.45) is 4.44. The standard InChI is InChI=1S/C16H23NO5/c18-12-9-15(13-7-3-4-8-14(13)17(20)21)22-16(19)10-5-1-2-6-11-16/h3-4,7-8,15,18-19H,1-2,5-6,9-12H2. The van der Waals surface area contributed by atoms with E-state index in [1.54, 1.807) is 18.2 Å². The molecule has 0 saturated heterocycles. The minimum Gasteiger partial charge on any atom is -0.396 e. The van der Waals surface area contributed by atoms with Crippen LogP contribution < -0.4 is 0 Å². The lowest BCUT2D eigenvalue weighted by Gasteiger charge is -2.32. The van der Waals surface area contributed by atoms with Crippen LogP contribution in [0.5, 0.6) is 0 Å². The molecule has 122 valence electrons. The third-order valence-electron chi connectivity index (χ3n) is 4.12. The SMILES string of the molecule is O=[N+]([O-])c1ccccc1C(CCO)OC1(O)CCCCCC1. The maximum absolute atomic E-state index is 11.2. The average Bonchev–Trinajstić information content (AvgIpc) is 2.71. The summed E-state index contributed by atoms with van der Waals surface area (Å²) in [6, 6.07) is 6.34. The second kappa shape index (κ2) is 7.67. The lowest BCUT2D eigenvalue weighted by molar-refractivity contribution is -0.386. The number of nitro groups is 1. The molecule has 0 spiro atoms. The normalized spacial score (nSPS) is 19.4. The van der Waals surface area contributed by atoms with Gasteiger partial charge in [-0.3, -0.25) is 10.1 Å². The van der Waals surface area contributed by atoms with Crippen molar-refractivity contribution in [2.45, 2.75) is 56.8 Å². The molecule has 0 bridgehead atoms. The van der Waals surface area contributed by atoms with Crippen LogP contribution in [0.25, 0.3) is 0 Å². The maximum Gasteiger partial charge on any atom is 0.275 e. The van der Waals surface area contributed by atoms with E-state index in [9.17, 15) is 20.3 Å². The summed E-state index contributed by atoms with van der Waals surface area (Å²) in [5.41, 5.74) is 0.359. The summed E-state index contributed by atoms with van der Waals surface area (Å²) < 4.78 is 5.87. The molecule has 1 aromatic rings. The van der Waals surface area contributed by atoms with Crippen LogP contribution in [0.3, 0.4) is 0 Å². The molecule has 0 heterocycles. The third-order valence-corrected chi connectivity index (χ3v) is 4.12. The highest BCUT2D eigenvalue weighted by Gasteiger charge is 2.34. The Bertz CT molecular complexity index is 497. The lowest BCUT2D eigenvalue weighted by Crippen LogP contribution is -2.33. The van der Waals surface area contributed by atoms with E-state index in [-0.39, 0.29) is 18.7 Å². The summed E-state index contributed by atoms with van der Waals surface area (Å²) in [5.74, 6) is -1.26. The Morgan fingerprint density at radius 1 is 1.23 bits per heavy atom. The number of aliphatic hydroxyl groups excluding tert-OH is 1. The number of rotatable bonds is 6. The number of benzene rings is 1. The van der Waals surface area contributed by atoms with Crippen LogP contribution in [0.15, 0.2) is 24.3 Å². The highest BCUT2D eigenvalue weighted by molar-refractivity contribution is 5.41. The number of hydrogen-bond donors (Lipinski definition) is 2. The first kappa shape index (κ1) is 16.9. The van der Waals surface area contributed by atoms with Crippen LogP contribution in [0.4, 0.5) is 5.69 Å². The minimum absolute atomic E-state index is 0.0434. The van der Waals surface area contributed by atoms with Gasteiger partial charge in [-0.05, 0) is 18.9 Å². The first-order chi connectivity index (χ1) is 10.6. The molecule has 0 aliphatic heterocycles. The summed E-state index contributed by atoms with van der Waals surface area (Å²) in [7, 11) is 0. The van der Waals surface area contributed by atoms with Crippen molar-refractivity contribution in [3.05, 3.63) is 39.9 Å². The van der Waals surface area contributed by atoms with Crippen LogP contribution in [-0.4, -0.2) is 27.5 Å². The number of ether oxygens (including phenoxy) is 1. The van der Waals surface area contributed by atoms with Gasteiger partial charge in [0.2, 0.25) is 0 Å². The molecular formula is C16H23NO5. The Hall–Kier alpha value is -1.50. The molecule has 6 nitrogen and oxygen atoms in total. The quantitative estimate of drug-likeness (QED) is 0.364. The van der Waals surface area contributed by atoms with E-state index in [0.717, 1.165) is 25.7 Å². The Labute approximate surface area is 129 Å². The number of hydrogen-bond acceptors (Lipinski definition) is 5. The van der Waals surface area contributed by atoms with Gasteiger partial charge < -0.3 is 14.9 Å². The molecule has 2 N–H and O–H groups in total. The zero-order valence-electron chi connectivity index (χ0n) is 12.6. The fourth-order valence-corrected chi connectivity index (χ4v) is 2.98. The molecule has 1 atom stereocenters. The van der Waals surface area contributed by atoms with Crippen molar-refractivity contribution in [3.63, 3.8) is 0 Å². The molecule has 1 unspecified atom stereocenters. The van der Waals surface area contributed by atoms with E-state index >= 15 is 0 Å². The van der Waals surface area contributed by atoms with Crippen LogP contribution in [0.2, 0.25) is 0 Å². The van der Waals surface area contributed by atoms with Crippen molar-refractivity contribution in [1.29, 1.82) is 0 Å². The molecular weight excluding hydrogens is 286 g/mol. The molecule has 1 aliphatic carbocycles. The van der Waals surface area contributed by atoms with Gasteiger partial charge in [0, 0.05) is 31.9 Å². The number of aliphatic hydroxyl groups is 2. The molecule has 2 rings (SSSR count). The molecule has 0 aromatic heterocycles. The van der Waals surface area contributed by atoms with Crippen LogP contribution in [-0.2, 0) is 4.74 Å². The Balaban J connectivity index is 2.24. The first-order valence-corrected chi connectivity index (χ1v) is 7.80. The smallest absolute Gasteiger partial charge is 0.275 e. The Kier molecular flexibility index (Phi) is 5.88. The monoisotopic (exact) mass is 309 g/mol. The Morgan fingerprint density at radius 2 is 1.86 bits per heavy atom. The van der Waals surface area contributed by atoms with Crippen LogP contribution >= 0.6 is 0 Å². The van der Waals surface area contributed by atoms with Gasteiger partial charge in [0.05, 0.1) is 16.6 Å². The Morgan fingerprint density at radius 3 is 2.45 bits per heavy atom. The van der Waals surface area contributed by atoms with Crippen molar-refractivity contribution in [3.8, 4) is 0 Å². The number of para-hydroxylation sites is 1. The highest BCUT2D eigenvalue weighted by Crippen LogP contribution is 2.37. The van der Waals surface area contributed by atoms with Crippen LogP contribution in [0.1, 0.15) is 56.6 Å². The number of nitrogens with zero attached hydrogens (tertiary/aromatic N) is 1. The van der Waals surface area contributed by atoms with Gasteiger partial charge in [0.15, 0.2) is 5.79 Å². The summed E-state index contributed by atoms with van der Waals surface area (Å²) in [6.45, 7) is -0.160. The van der Waals surface area contributed by atoms with E-state index < -0.39 is 16.8 Å². The van der Waals surface area contributed by atoms with Gasteiger partial charge >= 0.3 is 0 Å². The molecule has 0 radical (unpaired) electrons. The summed E-state index contributed by atoms with van der Waals surface area (Å²) in [4.78, 5) is 10.7. The van der Waals surface area contributed by atoms with Gasteiger partial charge in [0.25, 0.3) is 5.69 Å². The zero-order chi connectivity index (χ0) is 16.0. The second-order valence-corrected chi connectivity index (χ2v) is 5.80. The lowest BCUT2D eigenvalue weighted by atomic mass is 10.0. The van der Waals surface area contributed by atoms with E-state index in [4.69, 9.17) is 4.74 Å². The summed E-state index contributed by atoms with van der Waals surface area (Å²) >= 11 is 0. The predicted molar refractivity (Wildman–Crippen MR) is 81.3 cm³/mol. The van der Waals surface area contributed by atoms with Gasteiger partial charge in [-0.15, -0.1) is 0 Å². The molecule has 0 amide bonds. The van der Waals surface area contributed by atoms with E-state index in [1.807, 2.05) is 0 Å². The molecule has 1 saturated carbocycles. The minimum atomic E-state index is -1.26. The maximum atomic E-state index is 11.2. The average molecular weight is 309 g/mol. The summed E-state index contributed by atoms with van der Waals surface area (Å²) in [5, 5.41) is 31.1. The van der Waals surface area contributed by atoms with Crippen molar-refractivity contribution >= 4 is 5.69 Å². The fourth-order valence-electron chi connectivity index (χ4n) is 2.98. The second-order valence-electron chi connectivity index (χ2n) is 5.80. The first-order valence-electron chi connectivity index (χ1n) is 7.80. The topological polar surface area (TPSA) is 92.8 Å². The molecule has 1 aromatic carbocycles. The van der Waals surface area contributed by atoms with Crippen molar-refractivity contribution in [2.75, 3.05) is 6.61 Å². The van der Waals surface area contributed by atoms with Crippen molar-refractivity contribution < 1.29 is 19.9 Å². The fraction of sp³-hybridized carbons (Fsp3) is 0.625. The van der Waals surface area contributed by atoms with Crippen molar-refractivity contribution in [2.24, 2.45) is 0 Å². The van der Waals surface area contributed by atoms with E-state index in [1.165, 1.54) is 6.07 Å². The number of nitro benzene ring substituents is 1. The highest BCUT2D eigenvalue weighted by atomic mass is 16.6. The van der Waals surface area contributed by atoms with Gasteiger partial charge in [-0.1, -0.05) is 25.0 Å². The van der Waals surface area contributed by atoms with E-state index in [2.05, 4.69) is 0 Å². The van der Waals surface area contributed by atoms with Crippen LogP contribution in [0, 0.1) is 10.1 Å². The molecule has 1 aliphatic rings. The van der Waals surface area contributed by atoms with Gasteiger partial charge in [0.1, 0.15) is 0 Å². The van der Waals surface area contributed by atoms with Crippen molar-refractivity contribution in [1.82, 2.24) is 0 Å². The molecule has 6 heteroatoms. The zero-order valence-corrected chi connectivity index (χ0v) is 12.6. The van der Waals surface area contributed by atoms with Gasteiger partial charge in [-0.25, -0.2) is 0 Å². The predicted octanol–water partition coefficient (Wildman–Crippen LogP) is 3.08. The largest absolute Gasteiger partial charge is 0.396 e. The molecule has 1 fully saturated rings. The van der Waals surface area contributed by atoms with Gasteiger partial charge in [-0.2, -0.15) is 0 Å². The van der Waals surface area contributed by atoms with E-state index in [0.29, 0.717) is 18.4 Å². The third kappa shape index (κ3) is 4.25. The molecule has 22 heavy (non-hydrogen) atoms.